The van der Waals surface area contributed by atoms with Crippen LogP contribution < -0.4 is 5.32 Å². The third-order valence-corrected chi connectivity index (χ3v) is 5.33. The minimum absolute atomic E-state index is 0.175. The number of nitrogens with zero attached hydrogens (tertiary/aromatic N) is 1. The lowest BCUT2D eigenvalue weighted by Gasteiger charge is -2.36. The number of dihydropyridines is 1. The van der Waals surface area contributed by atoms with Crippen molar-refractivity contribution in [3.05, 3.63) is 39.1 Å². The van der Waals surface area contributed by atoms with Crippen LogP contribution in [0.2, 0.25) is 0 Å². The number of rotatable bonds is 1. The fourth-order valence-corrected chi connectivity index (χ4v) is 4.36. The Balaban J connectivity index is 1.91. The second-order valence-electron chi connectivity index (χ2n) is 5.77. The van der Waals surface area contributed by atoms with Crippen molar-refractivity contribution in [2.75, 3.05) is 0 Å². The predicted molar refractivity (Wildman–Crippen MR) is 79.8 cm³/mol. The van der Waals surface area contributed by atoms with Crippen LogP contribution in [0.25, 0.3) is 0 Å². The molecule has 1 aromatic rings. The van der Waals surface area contributed by atoms with Gasteiger partial charge in [-0.15, -0.1) is 11.3 Å². The number of carbonyl (C=O) groups is 2. The average Bonchev–Trinajstić information content (AvgIpc) is 3.00. The van der Waals surface area contributed by atoms with Crippen molar-refractivity contribution in [3.8, 4) is 0 Å². The zero-order chi connectivity index (χ0) is 14.4. The van der Waals surface area contributed by atoms with Crippen molar-refractivity contribution in [2.45, 2.75) is 44.4 Å². The van der Waals surface area contributed by atoms with Gasteiger partial charge in [0.05, 0.1) is 5.92 Å². The van der Waals surface area contributed by atoms with E-state index in [2.05, 4.69) is 10.3 Å². The third kappa shape index (κ3) is 1.99. The van der Waals surface area contributed by atoms with Crippen LogP contribution in [0.1, 0.15) is 49.5 Å². The summed E-state index contributed by atoms with van der Waals surface area (Å²) in [5.74, 6) is 0.125. The lowest BCUT2D eigenvalue weighted by molar-refractivity contribution is -0.116. The molecule has 1 aliphatic heterocycles. The van der Waals surface area contributed by atoms with Crippen LogP contribution in [0.15, 0.2) is 34.1 Å². The van der Waals surface area contributed by atoms with E-state index in [1.807, 2.05) is 5.38 Å². The van der Waals surface area contributed by atoms with Crippen LogP contribution in [0.3, 0.4) is 0 Å². The Kier molecular flexibility index (Phi) is 3.03. The van der Waals surface area contributed by atoms with Crippen LogP contribution in [0, 0.1) is 0 Å². The Morgan fingerprint density at radius 3 is 2.14 bits per heavy atom. The highest BCUT2D eigenvalue weighted by atomic mass is 32.1. The zero-order valence-corrected chi connectivity index (χ0v) is 12.5. The first-order valence-corrected chi connectivity index (χ1v) is 8.32. The van der Waals surface area contributed by atoms with Gasteiger partial charge in [-0.05, 0) is 25.7 Å². The zero-order valence-electron chi connectivity index (χ0n) is 11.6. The van der Waals surface area contributed by atoms with Crippen molar-refractivity contribution >= 4 is 22.9 Å². The summed E-state index contributed by atoms with van der Waals surface area (Å²) < 4.78 is 0. The molecule has 0 aromatic carbocycles. The summed E-state index contributed by atoms with van der Waals surface area (Å²) in [7, 11) is 0. The quantitative estimate of drug-likeness (QED) is 0.866. The number of ketones is 2. The molecule has 0 fully saturated rings. The highest BCUT2D eigenvalue weighted by Gasteiger charge is 2.41. The number of carbonyl (C=O) groups excluding carboxylic acids is 2. The van der Waals surface area contributed by atoms with Gasteiger partial charge >= 0.3 is 0 Å². The standard InChI is InChI=1S/C16H16N2O2S/c19-11-5-1-3-9-13(11)15(16-17-7-8-21-16)14-10(18-9)4-2-6-12(14)20/h7-8,15,18H,1-6H2. The summed E-state index contributed by atoms with van der Waals surface area (Å²) in [6.45, 7) is 0. The maximum absolute atomic E-state index is 12.5. The van der Waals surface area contributed by atoms with E-state index in [-0.39, 0.29) is 17.5 Å². The van der Waals surface area contributed by atoms with Crippen LogP contribution in [0.5, 0.6) is 0 Å². The summed E-state index contributed by atoms with van der Waals surface area (Å²) in [5, 5.41) is 6.20. The van der Waals surface area contributed by atoms with Crippen molar-refractivity contribution in [3.63, 3.8) is 0 Å². The van der Waals surface area contributed by atoms with Gasteiger partial charge in [-0.25, -0.2) is 4.98 Å². The summed E-state index contributed by atoms with van der Waals surface area (Å²) in [5.41, 5.74) is 3.65. The lowest BCUT2D eigenvalue weighted by Crippen LogP contribution is -2.36. The molecular formula is C16H16N2O2S. The molecule has 1 N–H and O–H groups in total. The molecule has 0 saturated heterocycles. The van der Waals surface area contributed by atoms with Gasteiger partial charge in [0.2, 0.25) is 0 Å². The Morgan fingerprint density at radius 1 is 1.00 bits per heavy atom. The van der Waals surface area contributed by atoms with Gasteiger partial charge in [0.25, 0.3) is 0 Å². The first-order valence-electron chi connectivity index (χ1n) is 7.44. The molecule has 0 spiro atoms. The van der Waals surface area contributed by atoms with E-state index in [9.17, 15) is 9.59 Å². The van der Waals surface area contributed by atoms with E-state index >= 15 is 0 Å². The van der Waals surface area contributed by atoms with E-state index in [1.54, 1.807) is 6.20 Å². The van der Waals surface area contributed by atoms with Crippen LogP contribution >= 0.6 is 11.3 Å². The molecule has 0 unspecified atom stereocenters. The first kappa shape index (κ1) is 13.0. The van der Waals surface area contributed by atoms with Crippen molar-refractivity contribution in [1.29, 1.82) is 0 Å². The number of thiazole rings is 1. The van der Waals surface area contributed by atoms with Crippen molar-refractivity contribution in [2.24, 2.45) is 0 Å². The summed E-state index contributed by atoms with van der Waals surface area (Å²) in [6.07, 6.45) is 6.50. The maximum atomic E-state index is 12.5. The van der Waals surface area contributed by atoms with E-state index in [1.165, 1.54) is 11.3 Å². The number of allylic oxidation sites excluding steroid dienone is 4. The van der Waals surface area contributed by atoms with Gasteiger partial charge in [0.1, 0.15) is 5.01 Å². The number of hydrogen-bond donors (Lipinski definition) is 1. The smallest absolute Gasteiger partial charge is 0.161 e. The molecule has 21 heavy (non-hydrogen) atoms. The maximum Gasteiger partial charge on any atom is 0.161 e. The molecule has 108 valence electrons. The molecule has 0 saturated carbocycles. The summed E-state index contributed by atoms with van der Waals surface area (Å²) in [4.78, 5) is 29.3. The van der Waals surface area contributed by atoms with Crippen LogP contribution in [-0.2, 0) is 9.59 Å². The average molecular weight is 300 g/mol. The van der Waals surface area contributed by atoms with Gasteiger partial charge < -0.3 is 5.32 Å². The van der Waals surface area contributed by atoms with Gasteiger partial charge in [-0.2, -0.15) is 0 Å². The Hall–Kier alpha value is -1.75. The number of Topliss-reactive ketones (excluding diaryl/α,β-unsaturated/α-hetero) is 2. The van der Waals surface area contributed by atoms with Crippen LogP contribution in [-0.4, -0.2) is 16.6 Å². The van der Waals surface area contributed by atoms with Crippen molar-refractivity contribution < 1.29 is 9.59 Å². The number of nitrogens with one attached hydrogen (secondary N) is 1. The van der Waals surface area contributed by atoms with Gasteiger partial charge in [0, 0.05) is 47.0 Å². The fraction of sp³-hybridized carbons (Fsp3) is 0.438. The molecule has 5 heteroatoms. The topological polar surface area (TPSA) is 59.1 Å². The molecule has 1 aromatic heterocycles. The van der Waals surface area contributed by atoms with Crippen molar-refractivity contribution in [1.82, 2.24) is 10.3 Å². The van der Waals surface area contributed by atoms with Gasteiger partial charge in [-0.1, -0.05) is 0 Å². The van der Waals surface area contributed by atoms with E-state index in [4.69, 9.17) is 0 Å². The van der Waals surface area contributed by atoms with E-state index in [0.29, 0.717) is 12.8 Å². The molecule has 0 radical (unpaired) electrons. The highest BCUT2D eigenvalue weighted by Crippen LogP contribution is 2.45. The van der Waals surface area contributed by atoms with E-state index in [0.717, 1.165) is 53.2 Å². The molecule has 4 rings (SSSR count). The predicted octanol–water partition coefficient (Wildman–Crippen LogP) is 2.84. The molecular weight excluding hydrogens is 284 g/mol. The molecule has 0 atom stereocenters. The highest BCUT2D eigenvalue weighted by molar-refractivity contribution is 7.09. The third-order valence-electron chi connectivity index (χ3n) is 4.49. The minimum atomic E-state index is -0.225. The largest absolute Gasteiger partial charge is 0.362 e. The lowest BCUT2D eigenvalue weighted by atomic mass is 9.74. The van der Waals surface area contributed by atoms with Gasteiger partial charge in [0.15, 0.2) is 11.6 Å². The normalized spacial score (nSPS) is 23.0. The molecule has 2 aliphatic carbocycles. The monoisotopic (exact) mass is 300 g/mol. The Labute approximate surface area is 127 Å². The summed E-state index contributed by atoms with van der Waals surface area (Å²) >= 11 is 1.53. The summed E-state index contributed by atoms with van der Waals surface area (Å²) in [6, 6.07) is 0. The fourth-order valence-electron chi connectivity index (χ4n) is 3.61. The van der Waals surface area contributed by atoms with Crippen LogP contribution in [0.4, 0.5) is 0 Å². The number of aromatic nitrogens is 1. The van der Waals surface area contributed by atoms with Gasteiger partial charge in [-0.3, -0.25) is 9.59 Å². The minimum Gasteiger partial charge on any atom is -0.362 e. The second-order valence-corrected chi connectivity index (χ2v) is 6.69. The molecule has 2 heterocycles. The molecule has 4 nitrogen and oxygen atoms in total. The Bertz CT molecular complexity index is 643. The first-order chi connectivity index (χ1) is 10.3. The molecule has 3 aliphatic rings. The SMILES string of the molecule is O=C1CCCC2=C1C(c1nccs1)C1=C(CCCC1=O)N2. The Morgan fingerprint density at radius 2 is 1.62 bits per heavy atom. The molecule has 0 bridgehead atoms. The number of hydrogen-bond acceptors (Lipinski definition) is 5. The molecule has 0 amide bonds. The van der Waals surface area contributed by atoms with E-state index < -0.39 is 0 Å². The second kappa shape index (κ2) is 4.91.